The second-order valence-electron chi connectivity index (χ2n) is 7.13. The number of aliphatic carboxylic acids is 2. The first-order valence-corrected chi connectivity index (χ1v) is 15.0. The van der Waals surface area contributed by atoms with Crippen molar-refractivity contribution in [2.45, 2.75) is 102 Å². The van der Waals surface area contributed by atoms with E-state index in [-0.39, 0.29) is 33.8 Å². The Morgan fingerprint density at radius 3 is 1.39 bits per heavy atom. The van der Waals surface area contributed by atoms with Crippen molar-refractivity contribution in [2.75, 3.05) is 0 Å². The molecule has 162 valence electrons. The summed E-state index contributed by atoms with van der Waals surface area (Å²) < 4.78 is 23.3. The summed E-state index contributed by atoms with van der Waals surface area (Å²) >= 11 is -0.0720. The van der Waals surface area contributed by atoms with Crippen molar-refractivity contribution in [3.63, 3.8) is 0 Å². The summed E-state index contributed by atoms with van der Waals surface area (Å²) in [6.07, 6.45) is 16.9. The van der Waals surface area contributed by atoms with E-state index in [0.717, 1.165) is 0 Å². The molecule has 0 aromatic heterocycles. The molecule has 0 aromatic carbocycles. The molecule has 0 aliphatic heterocycles. The van der Waals surface area contributed by atoms with Gasteiger partial charge >= 0.3 is 142 Å². The Bertz CT molecular complexity index is 509. The summed E-state index contributed by atoms with van der Waals surface area (Å²) in [7, 11) is -2.97. The Balaban J connectivity index is 0. The van der Waals surface area contributed by atoms with Crippen molar-refractivity contribution in [3.8, 4) is 0 Å². The van der Waals surface area contributed by atoms with Gasteiger partial charge in [0, 0.05) is 0 Å². The number of hydrogen-bond acceptors (Lipinski definition) is 4. The van der Waals surface area contributed by atoms with Gasteiger partial charge in [0.2, 0.25) is 10.3 Å². The van der Waals surface area contributed by atoms with Crippen LogP contribution in [0.3, 0.4) is 0 Å². The number of unbranched alkanes of at least 4 members (excludes halogenated alkanes) is 10. The van der Waals surface area contributed by atoms with Crippen molar-refractivity contribution < 1.29 is 28.2 Å². The predicted octanol–water partition coefficient (Wildman–Crippen LogP) is 4.85. The minimum Gasteiger partial charge on any atom is -0.481 e. The van der Waals surface area contributed by atoms with Crippen LogP contribution in [-0.4, -0.2) is 69.3 Å². The summed E-state index contributed by atoms with van der Waals surface area (Å²) in [5.41, 5.74) is 0. The van der Waals surface area contributed by atoms with E-state index < -0.39 is 33.5 Å². The zero-order valence-electron chi connectivity index (χ0n) is 17.7. The zero-order chi connectivity index (χ0) is 21.6. The number of carboxylic acids is 2. The fourth-order valence-corrected chi connectivity index (χ4v) is 5.93. The van der Waals surface area contributed by atoms with Crippen LogP contribution in [0, 0.1) is 0 Å². The third kappa shape index (κ3) is 23.9. The van der Waals surface area contributed by atoms with Gasteiger partial charge in [0.1, 0.15) is 0 Å². The Morgan fingerprint density at radius 2 is 1.11 bits per heavy atom. The molecule has 0 saturated heterocycles. The standard InChI is InChI=1S/2C8H17.C4H4O6S.Ca/c2*1-3-5-7-8-6-4-2;5-3(6)1-2(4(7)8)11(9)10;/h2*1,3-8H2,2H3;1H2,(H,5,6)(H,7,8);. The van der Waals surface area contributed by atoms with E-state index in [2.05, 4.69) is 13.8 Å². The quantitative estimate of drug-likeness (QED) is 0.188. The van der Waals surface area contributed by atoms with Crippen molar-refractivity contribution in [3.05, 3.63) is 0 Å². The molecule has 0 radical (unpaired) electrons. The molecule has 0 aromatic rings. The molecule has 0 rings (SSSR count). The fourth-order valence-electron chi connectivity index (χ4n) is 2.79. The molecule has 0 amide bonds. The summed E-state index contributed by atoms with van der Waals surface area (Å²) in [5, 5.41) is 16.1. The number of carbonyl (C=O) groups is 2. The Kier molecular flexibility index (Phi) is 24.9. The van der Waals surface area contributed by atoms with Gasteiger partial charge in [0.15, 0.2) is 4.86 Å². The van der Waals surface area contributed by atoms with Crippen LogP contribution in [0.1, 0.15) is 97.3 Å². The summed E-state index contributed by atoms with van der Waals surface area (Å²) in [6.45, 7) is 4.60. The first-order chi connectivity index (χ1) is 13.4. The summed E-state index contributed by atoms with van der Waals surface area (Å²) in [6, 6.07) is 0. The van der Waals surface area contributed by atoms with Gasteiger partial charge in [0.25, 0.3) is 0 Å². The van der Waals surface area contributed by atoms with Gasteiger partial charge in [-0.05, 0) is 0 Å². The van der Waals surface area contributed by atoms with Gasteiger partial charge in [-0.1, -0.05) is 0 Å². The molecule has 6 nitrogen and oxygen atoms in total. The minimum atomic E-state index is -2.97. The molecule has 0 aliphatic carbocycles. The molecule has 8 heteroatoms. The molecule has 2 N–H and O–H groups in total. The second kappa shape index (κ2) is 23.2. The molecule has 0 bridgehead atoms. The van der Waals surface area contributed by atoms with Crippen LogP contribution in [0.15, 0.2) is 0 Å². The van der Waals surface area contributed by atoms with Gasteiger partial charge < -0.3 is 10.2 Å². The van der Waals surface area contributed by atoms with E-state index in [1.165, 1.54) is 64.2 Å². The first-order valence-electron chi connectivity index (χ1n) is 10.8. The van der Waals surface area contributed by atoms with Crippen LogP contribution in [-0.2, 0) is 19.9 Å². The molecular weight excluding hydrogens is 408 g/mol. The molecule has 0 spiro atoms. The smallest absolute Gasteiger partial charge is 0.347 e. The minimum absolute atomic E-state index is 0.0720. The average Bonchev–Trinajstić information content (AvgIpc) is 2.63. The van der Waals surface area contributed by atoms with Gasteiger partial charge in [-0.3, -0.25) is 4.79 Å². The van der Waals surface area contributed by atoms with Crippen molar-refractivity contribution >= 4 is 60.9 Å². The third-order valence-corrected chi connectivity index (χ3v) is 8.30. The molecule has 0 unspecified atom stereocenters. The first kappa shape index (κ1) is 30.1. The molecular formula is C20H38CaO6S. The molecule has 0 saturated carbocycles. The van der Waals surface area contributed by atoms with Crippen LogP contribution in [0.4, 0.5) is 0 Å². The van der Waals surface area contributed by atoms with E-state index >= 15 is 0 Å². The van der Waals surface area contributed by atoms with Gasteiger partial charge in [-0.2, -0.15) is 8.42 Å². The number of carboxylic acid groups (broad SMARTS) is 2. The van der Waals surface area contributed by atoms with E-state index in [1.54, 1.807) is 17.9 Å². The Hall–Kier alpha value is -0.110. The average molecular weight is 447 g/mol. The van der Waals surface area contributed by atoms with Crippen LogP contribution in [0.2, 0.25) is 5.04 Å². The molecule has 0 heterocycles. The SMILES string of the molecule is CCCCCCC[CH2][Ca][CH2]CCCCCCC.O=C(O)CC(C(=O)O)=S(=O)=O. The topological polar surface area (TPSA) is 109 Å². The van der Waals surface area contributed by atoms with Crippen molar-refractivity contribution in [2.24, 2.45) is 0 Å². The Morgan fingerprint density at radius 1 is 0.714 bits per heavy atom. The largest absolute Gasteiger partial charge is 0.481 e. The van der Waals surface area contributed by atoms with Gasteiger partial charge in [-0.15, -0.1) is 0 Å². The second-order valence-corrected chi connectivity index (χ2v) is 11.4. The van der Waals surface area contributed by atoms with Crippen LogP contribution >= 0.6 is 0 Å². The van der Waals surface area contributed by atoms with E-state index in [9.17, 15) is 18.0 Å². The van der Waals surface area contributed by atoms with E-state index in [1.807, 2.05) is 0 Å². The van der Waals surface area contributed by atoms with Crippen molar-refractivity contribution in [1.29, 1.82) is 0 Å². The third-order valence-electron chi connectivity index (χ3n) is 4.46. The van der Waals surface area contributed by atoms with Crippen LogP contribution < -0.4 is 0 Å². The molecule has 28 heavy (non-hydrogen) atoms. The number of rotatable bonds is 17. The summed E-state index contributed by atoms with van der Waals surface area (Å²) in [4.78, 5) is 18.8. The van der Waals surface area contributed by atoms with Crippen molar-refractivity contribution in [1.82, 2.24) is 0 Å². The number of hydrogen-bond donors (Lipinski definition) is 2. The maximum Gasteiger partial charge on any atom is 0.347 e. The monoisotopic (exact) mass is 446 g/mol. The molecule has 0 atom stereocenters. The predicted molar refractivity (Wildman–Crippen MR) is 116 cm³/mol. The van der Waals surface area contributed by atoms with Gasteiger partial charge in [-0.25, -0.2) is 4.79 Å². The van der Waals surface area contributed by atoms with Gasteiger partial charge in [0.05, 0.1) is 6.42 Å². The normalized spacial score (nSPS) is 9.79. The maximum absolute atomic E-state index is 10.00. The van der Waals surface area contributed by atoms with Crippen LogP contribution in [0.5, 0.6) is 0 Å². The Labute approximate surface area is 190 Å². The molecule has 0 fully saturated rings. The van der Waals surface area contributed by atoms with Crippen LogP contribution in [0.25, 0.3) is 0 Å². The fraction of sp³-hybridized carbons (Fsp3) is 0.850. The molecule has 0 aliphatic rings. The van der Waals surface area contributed by atoms with E-state index in [4.69, 9.17) is 10.2 Å². The zero-order valence-corrected chi connectivity index (χ0v) is 20.8. The summed E-state index contributed by atoms with van der Waals surface area (Å²) in [5.74, 6) is -3.23. The van der Waals surface area contributed by atoms with E-state index in [0.29, 0.717) is 0 Å². The maximum atomic E-state index is 10.00.